The zero-order chi connectivity index (χ0) is 24.5. The van der Waals surface area contributed by atoms with Crippen LogP contribution in [0.3, 0.4) is 0 Å². The summed E-state index contributed by atoms with van der Waals surface area (Å²) in [6.07, 6.45) is 0. The van der Waals surface area contributed by atoms with Crippen molar-refractivity contribution in [1.29, 1.82) is 10.5 Å². The molecule has 0 saturated heterocycles. The van der Waals surface area contributed by atoms with Gasteiger partial charge in [0.25, 0.3) is 0 Å². The van der Waals surface area contributed by atoms with E-state index in [1.54, 1.807) is 0 Å². The van der Waals surface area contributed by atoms with Gasteiger partial charge in [-0.25, -0.2) is 0 Å². The van der Waals surface area contributed by atoms with E-state index in [0.29, 0.717) is 0 Å². The molecule has 1 heterocycles. The summed E-state index contributed by atoms with van der Waals surface area (Å²) in [5.41, 5.74) is 9.44. The van der Waals surface area contributed by atoms with Crippen LogP contribution < -0.4 is 9.80 Å². The summed E-state index contributed by atoms with van der Waals surface area (Å²) in [6, 6.07) is 37.4. The van der Waals surface area contributed by atoms with E-state index in [1.807, 2.05) is 0 Å². The third kappa shape index (κ3) is 6.18. The number of benzene rings is 4. The molecular weight excluding hydrogens is 611 g/mol. The maximum atomic E-state index is 6.25. The topological polar surface area (TPSA) is 54.1 Å². The summed E-state index contributed by atoms with van der Waals surface area (Å²) >= 11 is 0. The van der Waals surface area contributed by atoms with Crippen molar-refractivity contribution in [3.63, 3.8) is 0 Å². The molecule has 0 unspecified atom stereocenters. The molecular formula is C30H24N4Pt-4. The molecule has 0 saturated carbocycles. The molecule has 4 nitrogen and oxygen atoms in total. The first kappa shape index (κ1) is 27.4. The van der Waals surface area contributed by atoms with E-state index in [-0.39, 0.29) is 21.1 Å². The zero-order valence-corrected chi connectivity index (χ0v) is 21.9. The summed E-state index contributed by atoms with van der Waals surface area (Å²) in [7, 11) is 4.30. The normalized spacial score (nSPS) is 11.5. The van der Waals surface area contributed by atoms with Crippen LogP contribution in [-0.4, -0.2) is 14.1 Å². The van der Waals surface area contributed by atoms with E-state index in [4.69, 9.17) is 23.7 Å². The van der Waals surface area contributed by atoms with Crippen molar-refractivity contribution in [3.8, 4) is 22.3 Å². The zero-order valence-electron chi connectivity index (χ0n) is 19.6. The number of hydrogen-bond donors (Lipinski definition) is 0. The van der Waals surface area contributed by atoms with E-state index >= 15 is 0 Å². The Morgan fingerprint density at radius 3 is 1.34 bits per heavy atom. The van der Waals surface area contributed by atoms with Crippen LogP contribution in [0.4, 0.5) is 11.4 Å². The fourth-order valence-electron chi connectivity index (χ4n) is 4.28. The van der Waals surface area contributed by atoms with Gasteiger partial charge in [0.15, 0.2) is 0 Å². The molecule has 178 valence electrons. The SMILES string of the molecule is CN1Cc2[c-]c(ccc2)-c2ccccc2N(C)Cc2[c-]c(ccc2)-c2ccccc21.[C-]#N.[C-]#N.[Pt]. The number of anilines is 2. The van der Waals surface area contributed by atoms with Crippen molar-refractivity contribution in [2.45, 2.75) is 13.1 Å². The first-order valence-corrected chi connectivity index (χ1v) is 10.8. The van der Waals surface area contributed by atoms with Gasteiger partial charge in [-0.15, -0.1) is 70.8 Å². The van der Waals surface area contributed by atoms with Crippen molar-refractivity contribution in [2.75, 3.05) is 23.9 Å². The van der Waals surface area contributed by atoms with E-state index in [0.717, 1.165) is 24.2 Å². The fourth-order valence-corrected chi connectivity index (χ4v) is 4.28. The molecule has 0 spiro atoms. The smallest absolute Gasteiger partial charge is 0.0249 e. The molecule has 1 aliphatic heterocycles. The van der Waals surface area contributed by atoms with Gasteiger partial charge in [-0.3, -0.25) is 0 Å². The van der Waals surface area contributed by atoms with Crippen LogP contribution >= 0.6 is 0 Å². The average molecular weight is 636 g/mol. The van der Waals surface area contributed by atoms with E-state index in [9.17, 15) is 0 Å². The van der Waals surface area contributed by atoms with Gasteiger partial charge in [0, 0.05) is 59.6 Å². The van der Waals surface area contributed by atoms with Crippen molar-refractivity contribution < 1.29 is 21.1 Å². The Morgan fingerprint density at radius 2 is 0.943 bits per heavy atom. The molecule has 0 fully saturated rings. The standard InChI is InChI=1S/C28H24N2.2CN.Pt/c1-29-19-21-9-7-12-24(17-21)26-14-4-6-16-28(26)30(2)20-22-10-8-11-23(18-22)25-13-3-5-15-27(25)29;2*1-2;/h3-16H,19-20H2,1-2H3;;;/q-2;2*-1;. The molecule has 0 N–H and O–H groups in total. The quantitative estimate of drug-likeness (QED) is 0.210. The molecule has 0 atom stereocenters. The number of rotatable bonds is 0. The van der Waals surface area contributed by atoms with Crippen LogP contribution in [0, 0.1) is 35.8 Å². The molecule has 5 heteroatoms. The third-order valence-electron chi connectivity index (χ3n) is 5.74. The summed E-state index contributed by atoms with van der Waals surface area (Å²) in [5.74, 6) is 0. The van der Waals surface area contributed by atoms with Crippen LogP contribution in [0.25, 0.3) is 22.3 Å². The Balaban J connectivity index is 0.000000823. The molecule has 35 heavy (non-hydrogen) atoms. The molecule has 4 aromatic rings. The molecule has 5 rings (SSSR count). The summed E-state index contributed by atoms with van der Waals surface area (Å²) in [5, 5.41) is 12.5. The number of fused-ring (bicyclic) bond motifs is 8. The Hall–Kier alpha value is -3.85. The Kier molecular flexibility index (Phi) is 10.3. The molecule has 0 aromatic heterocycles. The molecule has 4 bridgehead atoms. The van der Waals surface area contributed by atoms with Gasteiger partial charge in [0.2, 0.25) is 0 Å². The second-order valence-electron chi connectivity index (χ2n) is 7.93. The number of hydrogen-bond acceptors (Lipinski definition) is 4. The Bertz CT molecular complexity index is 1190. The number of nitrogens with zero attached hydrogens (tertiary/aromatic N) is 4. The van der Waals surface area contributed by atoms with Gasteiger partial charge in [0.1, 0.15) is 0 Å². The first-order chi connectivity index (χ1) is 16.7. The fraction of sp³-hybridized carbons (Fsp3) is 0.133. The summed E-state index contributed by atoms with van der Waals surface area (Å²) in [4.78, 5) is 4.60. The second kappa shape index (κ2) is 13.1. The molecule has 0 amide bonds. The van der Waals surface area contributed by atoms with Crippen LogP contribution in [-0.2, 0) is 34.2 Å². The van der Waals surface area contributed by atoms with E-state index in [1.165, 1.54) is 33.6 Å². The van der Waals surface area contributed by atoms with Crippen molar-refractivity contribution in [3.05, 3.63) is 121 Å². The van der Waals surface area contributed by atoms with Crippen LogP contribution in [0.5, 0.6) is 0 Å². The number of para-hydroxylation sites is 2. The van der Waals surface area contributed by atoms with Crippen LogP contribution in [0.15, 0.2) is 84.9 Å². The van der Waals surface area contributed by atoms with Gasteiger partial charge < -0.3 is 33.5 Å². The van der Waals surface area contributed by atoms with E-state index in [2.05, 4.69) is 121 Å². The predicted molar refractivity (Wildman–Crippen MR) is 136 cm³/mol. The van der Waals surface area contributed by atoms with Crippen molar-refractivity contribution in [2.24, 2.45) is 0 Å². The van der Waals surface area contributed by atoms with Crippen molar-refractivity contribution in [1.82, 2.24) is 0 Å². The predicted octanol–water partition coefficient (Wildman–Crippen LogP) is 6.40. The van der Waals surface area contributed by atoms with Crippen LogP contribution in [0.1, 0.15) is 11.1 Å². The maximum absolute atomic E-state index is 6.25. The minimum atomic E-state index is 0. The van der Waals surface area contributed by atoms with Crippen molar-refractivity contribution >= 4 is 11.4 Å². The minimum absolute atomic E-state index is 0. The van der Waals surface area contributed by atoms with Gasteiger partial charge in [-0.05, 0) is 12.1 Å². The molecule has 4 aromatic carbocycles. The largest absolute Gasteiger partial charge is 0.512 e. The third-order valence-corrected chi connectivity index (χ3v) is 5.74. The monoisotopic (exact) mass is 635 g/mol. The Morgan fingerprint density at radius 1 is 0.571 bits per heavy atom. The molecule has 0 radical (unpaired) electrons. The first-order valence-electron chi connectivity index (χ1n) is 10.8. The molecule has 0 aliphatic carbocycles. The summed E-state index contributed by atoms with van der Waals surface area (Å²) in [6.45, 7) is 11.1. The van der Waals surface area contributed by atoms with Crippen LogP contribution in [0.2, 0.25) is 0 Å². The second-order valence-corrected chi connectivity index (χ2v) is 7.93. The summed E-state index contributed by atoms with van der Waals surface area (Å²) < 4.78 is 0. The van der Waals surface area contributed by atoms with Gasteiger partial charge in [-0.2, -0.15) is 0 Å². The molecule has 1 aliphatic rings. The average Bonchev–Trinajstić information content (AvgIpc) is 2.91. The van der Waals surface area contributed by atoms with E-state index < -0.39 is 0 Å². The van der Waals surface area contributed by atoms with Gasteiger partial charge >= 0.3 is 0 Å². The maximum Gasteiger partial charge on any atom is 0.0249 e. The van der Waals surface area contributed by atoms with Gasteiger partial charge in [-0.1, -0.05) is 47.5 Å². The van der Waals surface area contributed by atoms with Gasteiger partial charge in [0.05, 0.1) is 0 Å². The Labute approximate surface area is 222 Å². The minimum Gasteiger partial charge on any atom is -0.512 e.